The zero-order valence-corrected chi connectivity index (χ0v) is 33.6. The van der Waals surface area contributed by atoms with Gasteiger partial charge in [0.05, 0.1) is 35.3 Å². The number of rotatable bonds is 13. The van der Waals surface area contributed by atoms with Crippen LogP contribution in [0.25, 0.3) is 11.4 Å². The van der Waals surface area contributed by atoms with Gasteiger partial charge in [-0.15, -0.1) is 9.89 Å². The van der Waals surface area contributed by atoms with Crippen molar-refractivity contribution in [2.24, 2.45) is 15.5 Å². The molecular formula is C40H43N9O4S2. The molecule has 0 saturated carbocycles. The minimum Gasteiger partial charge on any atom is -0.385 e. The van der Waals surface area contributed by atoms with E-state index in [0.717, 1.165) is 33.7 Å². The minimum atomic E-state index is -1.99. The fourth-order valence-electron chi connectivity index (χ4n) is 5.62. The molecule has 2 heterocycles. The summed E-state index contributed by atoms with van der Waals surface area (Å²) in [6, 6.07) is 26.4. The topological polar surface area (TPSA) is 159 Å². The van der Waals surface area contributed by atoms with Crippen LogP contribution in [-0.2, 0) is 22.5 Å². The molecule has 5 aromatic rings. The van der Waals surface area contributed by atoms with Crippen molar-refractivity contribution in [3.8, 4) is 29.0 Å². The normalized spacial score (nSPS) is 14.1. The third-order valence-electron chi connectivity index (χ3n) is 8.63. The van der Waals surface area contributed by atoms with Crippen LogP contribution in [0, 0.1) is 44.4 Å². The monoisotopic (exact) mass is 777 g/mol. The number of hydrogen-bond donors (Lipinski definition) is 2. The molecule has 0 bridgehead atoms. The second-order valence-corrected chi connectivity index (χ2v) is 16.0. The fourth-order valence-corrected chi connectivity index (χ4v) is 7.01. The third-order valence-corrected chi connectivity index (χ3v) is 10.1. The Morgan fingerprint density at radius 2 is 1.40 bits per heavy atom. The predicted molar refractivity (Wildman–Crippen MR) is 221 cm³/mol. The van der Waals surface area contributed by atoms with Gasteiger partial charge in [-0.3, -0.25) is 9.44 Å². The lowest BCUT2D eigenvalue weighted by molar-refractivity contribution is 0.563. The highest BCUT2D eigenvalue weighted by atomic mass is 32.2. The van der Waals surface area contributed by atoms with Gasteiger partial charge in [0.25, 0.3) is 0 Å². The Bertz CT molecular complexity index is 2310. The molecule has 6 rings (SSSR count). The molecule has 1 aromatic heterocycles. The summed E-state index contributed by atoms with van der Waals surface area (Å²) >= 11 is -3.98. The molecule has 55 heavy (non-hydrogen) atoms. The molecule has 0 saturated heterocycles. The van der Waals surface area contributed by atoms with Crippen LogP contribution in [0.4, 0.5) is 22.7 Å². The van der Waals surface area contributed by atoms with Crippen molar-refractivity contribution in [1.29, 1.82) is 5.26 Å². The largest absolute Gasteiger partial charge is 0.385 e. The van der Waals surface area contributed by atoms with Crippen LogP contribution < -0.4 is 22.7 Å². The Morgan fingerprint density at radius 3 is 1.93 bits per heavy atom. The van der Waals surface area contributed by atoms with Gasteiger partial charge in [0, 0.05) is 30.3 Å². The van der Waals surface area contributed by atoms with Crippen LogP contribution >= 0.6 is 0 Å². The number of aryl methyl sites for hydroxylation is 4. The van der Waals surface area contributed by atoms with Crippen molar-refractivity contribution in [2.75, 3.05) is 27.9 Å². The van der Waals surface area contributed by atoms with Gasteiger partial charge in [0.2, 0.25) is 5.82 Å². The van der Waals surface area contributed by atoms with E-state index in [1.54, 1.807) is 18.2 Å². The number of nitriles is 1. The highest BCUT2D eigenvalue weighted by Gasteiger charge is 2.35. The SMILES string of the molecule is Cc1ccc(C)c(OS(=O)Nc2cc(NS(=O)Oc3cc(C)ccc3C)cc(-c3nc4n(n3)N=C(C(C)(C)C)C4=Nc3ccc(N(C)CCC#N)cc3)c2)c1. The molecule has 284 valence electrons. The second kappa shape index (κ2) is 16.3. The number of nitrogens with zero attached hydrogens (tertiary/aromatic N) is 7. The number of aromatic nitrogens is 3. The first-order valence-electron chi connectivity index (χ1n) is 17.5. The molecule has 15 heteroatoms. The third kappa shape index (κ3) is 9.45. The van der Waals surface area contributed by atoms with Gasteiger partial charge in [-0.05, 0) is 105 Å². The second-order valence-electron chi connectivity index (χ2n) is 14.3. The summed E-state index contributed by atoms with van der Waals surface area (Å²) in [5.74, 6) is 1.72. The maximum absolute atomic E-state index is 13.3. The highest BCUT2D eigenvalue weighted by molar-refractivity contribution is 7.82. The predicted octanol–water partition coefficient (Wildman–Crippen LogP) is 8.05. The molecule has 0 amide bonds. The average molecular weight is 778 g/mol. The smallest absolute Gasteiger partial charge is 0.316 e. The Morgan fingerprint density at radius 1 is 0.836 bits per heavy atom. The highest BCUT2D eigenvalue weighted by Crippen LogP contribution is 2.32. The molecule has 2 N–H and O–H groups in total. The van der Waals surface area contributed by atoms with Crippen LogP contribution in [0.5, 0.6) is 11.5 Å². The van der Waals surface area contributed by atoms with Gasteiger partial charge in [-0.25, -0.2) is 9.98 Å². The van der Waals surface area contributed by atoms with Crippen LogP contribution in [0.1, 0.15) is 55.3 Å². The zero-order chi connectivity index (χ0) is 39.4. The van der Waals surface area contributed by atoms with E-state index in [1.807, 2.05) is 100 Å². The maximum Gasteiger partial charge on any atom is 0.316 e. The van der Waals surface area contributed by atoms with Gasteiger partial charge >= 0.3 is 22.5 Å². The molecule has 1 aliphatic rings. The van der Waals surface area contributed by atoms with E-state index in [2.05, 4.69) is 36.3 Å². The quantitative estimate of drug-likeness (QED) is 0.122. The van der Waals surface area contributed by atoms with E-state index in [4.69, 9.17) is 33.8 Å². The first kappa shape index (κ1) is 38.9. The molecule has 0 spiro atoms. The zero-order valence-electron chi connectivity index (χ0n) is 32.0. The van der Waals surface area contributed by atoms with Crippen molar-refractivity contribution in [3.05, 3.63) is 107 Å². The summed E-state index contributed by atoms with van der Waals surface area (Å²) < 4.78 is 43.9. The van der Waals surface area contributed by atoms with E-state index in [9.17, 15) is 8.42 Å². The van der Waals surface area contributed by atoms with Gasteiger partial charge in [0.1, 0.15) is 17.2 Å². The standard InChI is InChI=1S/C40H43N9O4S2/c1-25-10-12-27(3)34(20-25)52-54(50)46-31-22-29(23-32(24-31)47-55(51)53-35-21-26(2)11-13-28(35)4)38-43-39-36(37(40(5,6)7)44-49(39)45-38)42-30-14-16-33(17-15-30)48(8)19-9-18-41/h10-17,20-24,46-47H,9,19H2,1-8H3. The van der Waals surface area contributed by atoms with Gasteiger partial charge in [-0.1, -0.05) is 45.0 Å². The summed E-state index contributed by atoms with van der Waals surface area (Å²) in [4.78, 5) is 13.4. The Balaban J connectivity index is 1.34. The molecule has 4 aromatic carbocycles. The first-order valence-corrected chi connectivity index (χ1v) is 19.7. The number of nitrogens with one attached hydrogen (secondary N) is 2. The van der Waals surface area contributed by atoms with E-state index in [0.29, 0.717) is 64.5 Å². The number of hydrogen-bond acceptors (Lipinski definition) is 10. The van der Waals surface area contributed by atoms with Crippen molar-refractivity contribution in [3.63, 3.8) is 0 Å². The Labute approximate surface area is 326 Å². The summed E-state index contributed by atoms with van der Waals surface area (Å²) in [6.07, 6.45) is 0.429. The lowest BCUT2D eigenvalue weighted by atomic mass is 9.87. The van der Waals surface area contributed by atoms with Crippen molar-refractivity contribution >= 4 is 56.7 Å². The van der Waals surface area contributed by atoms with Crippen LogP contribution in [0.3, 0.4) is 0 Å². The molecule has 2 unspecified atom stereocenters. The molecule has 1 aliphatic heterocycles. The molecule has 13 nitrogen and oxygen atoms in total. The van der Waals surface area contributed by atoms with E-state index >= 15 is 0 Å². The van der Waals surface area contributed by atoms with Crippen LogP contribution in [0.15, 0.2) is 89.0 Å². The van der Waals surface area contributed by atoms with Crippen molar-refractivity contribution in [2.45, 2.75) is 54.9 Å². The van der Waals surface area contributed by atoms with E-state index in [1.165, 1.54) is 4.79 Å². The lowest BCUT2D eigenvalue weighted by Crippen LogP contribution is -2.27. The maximum atomic E-state index is 13.3. The Kier molecular flexibility index (Phi) is 11.5. The van der Waals surface area contributed by atoms with Crippen molar-refractivity contribution < 1.29 is 16.8 Å². The molecule has 0 aliphatic carbocycles. The number of aliphatic imine (C=N–C) groups is 1. The minimum absolute atomic E-state index is 0.308. The van der Waals surface area contributed by atoms with E-state index in [-0.39, 0.29) is 5.41 Å². The number of fused-ring (bicyclic) bond motifs is 1. The summed E-state index contributed by atoms with van der Waals surface area (Å²) in [5, 5.41) is 18.5. The average Bonchev–Trinajstić information content (AvgIpc) is 3.70. The number of anilines is 3. The lowest BCUT2D eigenvalue weighted by Gasteiger charge is -2.19. The molecule has 0 fully saturated rings. The summed E-state index contributed by atoms with van der Waals surface area (Å²) in [6.45, 7) is 14.4. The fraction of sp³-hybridized carbons (Fsp3) is 0.275. The Hall–Kier alpha value is -5.85. The first-order chi connectivity index (χ1) is 26.2. The van der Waals surface area contributed by atoms with Gasteiger partial charge in [0.15, 0.2) is 5.82 Å². The molecule has 2 atom stereocenters. The summed E-state index contributed by atoms with van der Waals surface area (Å²) in [5.41, 5.74) is 7.48. The van der Waals surface area contributed by atoms with Gasteiger partial charge in [-0.2, -0.15) is 18.8 Å². The molecule has 0 radical (unpaired) electrons. The number of benzene rings is 4. The van der Waals surface area contributed by atoms with E-state index < -0.39 is 22.5 Å². The van der Waals surface area contributed by atoms with Crippen LogP contribution in [-0.4, -0.2) is 48.3 Å². The van der Waals surface area contributed by atoms with Gasteiger partial charge < -0.3 is 13.3 Å². The van der Waals surface area contributed by atoms with Crippen LogP contribution in [0.2, 0.25) is 0 Å². The van der Waals surface area contributed by atoms with Crippen molar-refractivity contribution in [1.82, 2.24) is 14.9 Å². The molecular weight excluding hydrogens is 735 g/mol. The summed E-state index contributed by atoms with van der Waals surface area (Å²) in [7, 11) is 1.94.